The van der Waals surface area contributed by atoms with Gasteiger partial charge in [-0.3, -0.25) is 0 Å². The van der Waals surface area contributed by atoms with E-state index in [2.05, 4.69) is 0 Å². The van der Waals surface area contributed by atoms with Gasteiger partial charge in [0.1, 0.15) is 29.7 Å². The fraction of sp³-hybridized carbons (Fsp3) is 0.250. The smallest absolute Gasteiger partial charge is 0.132 e. The summed E-state index contributed by atoms with van der Waals surface area (Å²) in [4.78, 5) is 0. The van der Waals surface area contributed by atoms with Gasteiger partial charge in [-0.05, 0) is 31.2 Å². The van der Waals surface area contributed by atoms with Crippen molar-refractivity contribution in [1.82, 2.24) is 0 Å². The Kier molecular flexibility index (Phi) is 4.75. The standard InChI is InChI=1S/C16H16F2O3/c1-10(19)14-6-5-13(20-2)8-16(14)21-9-11-3-4-12(17)7-15(11)18/h3-8,10,19H,9H2,1-2H3/t10-/m1/s1. The molecule has 0 amide bonds. The Morgan fingerprint density at radius 3 is 2.52 bits per heavy atom. The minimum Gasteiger partial charge on any atom is -0.497 e. The molecule has 112 valence electrons. The summed E-state index contributed by atoms with van der Waals surface area (Å²) in [6, 6.07) is 8.30. The summed E-state index contributed by atoms with van der Waals surface area (Å²) in [6.45, 7) is 1.53. The molecule has 0 bridgehead atoms. The molecular formula is C16H16F2O3. The highest BCUT2D eigenvalue weighted by atomic mass is 19.1. The Bertz CT molecular complexity index is 627. The van der Waals surface area contributed by atoms with Gasteiger partial charge in [-0.25, -0.2) is 8.78 Å². The molecule has 5 heteroatoms. The molecule has 2 aromatic rings. The average molecular weight is 294 g/mol. The monoisotopic (exact) mass is 294 g/mol. The maximum atomic E-state index is 13.6. The van der Waals surface area contributed by atoms with Gasteiger partial charge in [-0.2, -0.15) is 0 Å². The van der Waals surface area contributed by atoms with Gasteiger partial charge in [0.15, 0.2) is 0 Å². The van der Waals surface area contributed by atoms with Crippen LogP contribution in [0.4, 0.5) is 8.78 Å². The fourth-order valence-corrected chi connectivity index (χ4v) is 1.91. The zero-order valence-corrected chi connectivity index (χ0v) is 11.8. The maximum absolute atomic E-state index is 13.6. The first-order valence-electron chi connectivity index (χ1n) is 6.44. The number of rotatable bonds is 5. The number of aliphatic hydroxyl groups is 1. The Balaban J connectivity index is 2.22. The van der Waals surface area contributed by atoms with Gasteiger partial charge in [0.2, 0.25) is 0 Å². The number of hydrogen-bond donors (Lipinski definition) is 1. The van der Waals surface area contributed by atoms with Crippen molar-refractivity contribution in [1.29, 1.82) is 0 Å². The molecule has 0 saturated heterocycles. The van der Waals surface area contributed by atoms with Crippen LogP contribution in [0.25, 0.3) is 0 Å². The number of benzene rings is 2. The normalized spacial score (nSPS) is 12.0. The molecule has 0 radical (unpaired) electrons. The number of halogens is 2. The SMILES string of the molecule is COc1ccc([C@@H](C)O)c(OCc2ccc(F)cc2F)c1. The number of methoxy groups -OCH3 is 1. The Hall–Kier alpha value is -2.14. The number of aliphatic hydroxyl groups excluding tert-OH is 1. The summed E-state index contributed by atoms with van der Waals surface area (Å²) < 4.78 is 37.1. The van der Waals surface area contributed by atoms with E-state index < -0.39 is 17.7 Å². The summed E-state index contributed by atoms with van der Waals surface area (Å²) in [5.74, 6) is -0.346. The maximum Gasteiger partial charge on any atom is 0.132 e. The van der Waals surface area contributed by atoms with E-state index in [0.29, 0.717) is 17.1 Å². The van der Waals surface area contributed by atoms with E-state index in [-0.39, 0.29) is 12.2 Å². The highest BCUT2D eigenvalue weighted by Crippen LogP contribution is 2.30. The molecule has 0 aliphatic rings. The van der Waals surface area contributed by atoms with Crippen LogP contribution >= 0.6 is 0 Å². The summed E-state index contributed by atoms with van der Waals surface area (Å²) in [5, 5.41) is 9.71. The van der Waals surface area contributed by atoms with E-state index in [1.807, 2.05) is 0 Å². The molecule has 3 nitrogen and oxygen atoms in total. The summed E-state index contributed by atoms with van der Waals surface area (Å²) in [5.41, 5.74) is 0.800. The van der Waals surface area contributed by atoms with Crippen molar-refractivity contribution < 1.29 is 23.4 Å². The Labute approximate surface area is 121 Å². The first kappa shape index (κ1) is 15.3. The topological polar surface area (TPSA) is 38.7 Å². The van der Waals surface area contributed by atoms with Gasteiger partial charge in [0.25, 0.3) is 0 Å². The van der Waals surface area contributed by atoms with Crippen LogP contribution in [0.1, 0.15) is 24.2 Å². The molecule has 1 N–H and O–H groups in total. The van der Waals surface area contributed by atoms with Crippen molar-refractivity contribution >= 4 is 0 Å². The molecule has 0 spiro atoms. The van der Waals surface area contributed by atoms with Crippen LogP contribution < -0.4 is 9.47 Å². The van der Waals surface area contributed by atoms with Gasteiger partial charge in [-0.1, -0.05) is 0 Å². The molecule has 0 aromatic heterocycles. The highest BCUT2D eigenvalue weighted by Gasteiger charge is 2.12. The van der Waals surface area contributed by atoms with Gasteiger partial charge < -0.3 is 14.6 Å². The lowest BCUT2D eigenvalue weighted by molar-refractivity contribution is 0.189. The lowest BCUT2D eigenvalue weighted by Gasteiger charge is -2.15. The van der Waals surface area contributed by atoms with Gasteiger partial charge in [-0.15, -0.1) is 0 Å². The zero-order valence-electron chi connectivity index (χ0n) is 11.8. The molecule has 1 atom stereocenters. The van der Waals surface area contributed by atoms with Crippen LogP contribution in [-0.4, -0.2) is 12.2 Å². The Morgan fingerprint density at radius 1 is 1.14 bits per heavy atom. The molecule has 0 aliphatic carbocycles. The molecule has 0 unspecified atom stereocenters. The van der Waals surface area contributed by atoms with E-state index >= 15 is 0 Å². The van der Waals surface area contributed by atoms with E-state index in [1.54, 1.807) is 25.1 Å². The molecule has 0 saturated carbocycles. The second-order valence-corrected chi connectivity index (χ2v) is 4.60. The lowest BCUT2D eigenvalue weighted by Crippen LogP contribution is -2.03. The first-order chi connectivity index (χ1) is 10.0. The Morgan fingerprint density at radius 2 is 1.90 bits per heavy atom. The van der Waals surface area contributed by atoms with E-state index in [0.717, 1.165) is 6.07 Å². The van der Waals surface area contributed by atoms with Gasteiger partial charge in [0, 0.05) is 23.3 Å². The molecule has 0 aliphatic heterocycles. The van der Waals surface area contributed by atoms with Crippen LogP contribution in [0.2, 0.25) is 0 Å². The molecule has 2 aromatic carbocycles. The quantitative estimate of drug-likeness (QED) is 0.915. The molecule has 2 rings (SSSR count). The largest absolute Gasteiger partial charge is 0.497 e. The van der Waals surface area contributed by atoms with Crippen molar-refractivity contribution in [3.63, 3.8) is 0 Å². The van der Waals surface area contributed by atoms with Crippen LogP contribution in [0, 0.1) is 11.6 Å². The second-order valence-electron chi connectivity index (χ2n) is 4.60. The summed E-state index contributed by atoms with van der Waals surface area (Å²) in [6.07, 6.45) is -0.732. The predicted octanol–water partition coefficient (Wildman–Crippen LogP) is 3.61. The summed E-state index contributed by atoms with van der Waals surface area (Å²) >= 11 is 0. The van der Waals surface area contributed by atoms with Crippen molar-refractivity contribution in [2.75, 3.05) is 7.11 Å². The molecule has 21 heavy (non-hydrogen) atoms. The van der Waals surface area contributed by atoms with Crippen molar-refractivity contribution in [2.45, 2.75) is 19.6 Å². The van der Waals surface area contributed by atoms with Crippen molar-refractivity contribution in [3.05, 3.63) is 59.2 Å². The van der Waals surface area contributed by atoms with E-state index in [1.165, 1.54) is 19.2 Å². The third kappa shape index (κ3) is 3.70. The van der Waals surface area contributed by atoms with Crippen LogP contribution in [0.3, 0.4) is 0 Å². The number of ether oxygens (including phenoxy) is 2. The van der Waals surface area contributed by atoms with Crippen molar-refractivity contribution in [3.8, 4) is 11.5 Å². The third-order valence-electron chi connectivity index (χ3n) is 3.07. The minimum atomic E-state index is -0.732. The molecule has 0 fully saturated rings. The van der Waals surface area contributed by atoms with Crippen LogP contribution in [-0.2, 0) is 6.61 Å². The number of hydrogen-bond acceptors (Lipinski definition) is 3. The van der Waals surface area contributed by atoms with E-state index in [9.17, 15) is 13.9 Å². The van der Waals surface area contributed by atoms with Crippen LogP contribution in [0.15, 0.2) is 36.4 Å². The first-order valence-corrected chi connectivity index (χ1v) is 6.44. The van der Waals surface area contributed by atoms with Gasteiger partial charge in [0.05, 0.1) is 13.2 Å². The summed E-state index contributed by atoms with van der Waals surface area (Å²) in [7, 11) is 1.51. The fourth-order valence-electron chi connectivity index (χ4n) is 1.91. The predicted molar refractivity (Wildman–Crippen MR) is 74.3 cm³/mol. The average Bonchev–Trinajstić information content (AvgIpc) is 2.45. The molecular weight excluding hydrogens is 278 g/mol. The zero-order chi connectivity index (χ0) is 15.4. The highest BCUT2D eigenvalue weighted by molar-refractivity contribution is 5.42. The van der Waals surface area contributed by atoms with Crippen LogP contribution in [0.5, 0.6) is 11.5 Å². The molecule has 0 heterocycles. The second kappa shape index (κ2) is 6.54. The minimum absolute atomic E-state index is 0.0704. The third-order valence-corrected chi connectivity index (χ3v) is 3.07. The van der Waals surface area contributed by atoms with Gasteiger partial charge >= 0.3 is 0 Å². The lowest BCUT2D eigenvalue weighted by atomic mass is 10.1. The van der Waals surface area contributed by atoms with E-state index in [4.69, 9.17) is 9.47 Å². The van der Waals surface area contributed by atoms with Crippen molar-refractivity contribution in [2.24, 2.45) is 0 Å².